The second-order valence-corrected chi connectivity index (χ2v) is 5.33. The zero-order chi connectivity index (χ0) is 11.5. The molecular weight excluding hydrogens is 216 g/mol. The fraction of sp³-hybridized carbons (Fsp3) is 0.636. The maximum Gasteiger partial charge on any atom is 0.250 e. The smallest absolute Gasteiger partial charge is 0.250 e. The van der Waals surface area contributed by atoms with Gasteiger partial charge in [0.2, 0.25) is 0 Å². The Hall–Kier alpha value is -0.480. The molecular formula is C11H17F2NS. The molecule has 0 aliphatic rings. The average Bonchev–Trinajstić information content (AvgIpc) is 2.50. The highest BCUT2D eigenvalue weighted by Gasteiger charge is 2.18. The van der Waals surface area contributed by atoms with E-state index in [1.807, 2.05) is 5.38 Å². The molecule has 15 heavy (non-hydrogen) atoms. The van der Waals surface area contributed by atoms with Crippen LogP contribution in [0.1, 0.15) is 31.9 Å². The Bertz CT molecular complexity index is 302. The summed E-state index contributed by atoms with van der Waals surface area (Å²) in [7, 11) is 0. The van der Waals surface area contributed by atoms with Gasteiger partial charge in [-0.3, -0.25) is 0 Å². The normalized spacial score (nSPS) is 12.4. The Kier molecular flexibility index (Phi) is 4.22. The van der Waals surface area contributed by atoms with E-state index in [1.165, 1.54) is 5.56 Å². The first-order chi connectivity index (χ1) is 6.91. The Morgan fingerprint density at radius 1 is 1.33 bits per heavy atom. The second kappa shape index (κ2) is 5.03. The molecule has 0 bridgehead atoms. The van der Waals surface area contributed by atoms with Crippen molar-refractivity contribution in [3.63, 3.8) is 0 Å². The molecule has 0 amide bonds. The highest BCUT2D eigenvalue weighted by molar-refractivity contribution is 7.08. The molecule has 0 aliphatic heterocycles. The van der Waals surface area contributed by atoms with Gasteiger partial charge in [0, 0.05) is 6.54 Å². The quantitative estimate of drug-likeness (QED) is 0.840. The van der Waals surface area contributed by atoms with E-state index in [0.29, 0.717) is 6.54 Å². The molecule has 1 nitrogen and oxygen atoms in total. The van der Waals surface area contributed by atoms with Gasteiger partial charge in [0.25, 0.3) is 6.43 Å². The van der Waals surface area contributed by atoms with E-state index in [4.69, 9.17) is 0 Å². The predicted octanol–water partition coefficient (Wildman–Crippen LogP) is 3.40. The summed E-state index contributed by atoms with van der Waals surface area (Å²) < 4.78 is 23.9. The first-order valence-electron chi connectivity index (χ1n) is 4.95. The first-order valence-corrected chi connectivity index (χ1v) is 5.90. The zero-order valence-corrected chi connectivity index (χ0v) is 10.1. The zero-order valence-electron chi connectivity index (χ0n) is 9.31. The van der Waals surface area contributed by atoms with Crippen molar-refractivity contribution in [3.05, 3.63) is 21.9 Å². The van der Waals surface area contributed by atoms with Crippen LogP contribution in [0.3, 0.4) is 0 Å². The first kappa shape index (κ1) is 12.6. The lowest BCUT2D eigenvalue weighted by molar-refractivity contribution is 0.145. The third-order valence-corrected chi connectivity index (χ3v) is 2.96. The second-order valence-electron chi connectivity index (χ2n) is 4.58. The Labute approximate surface area is 93.5 Å². The fourth-order valence-corrected chi connectivity index (χ4v) is 2.52. The SMILES string of the molecule is CC(C)(C)c1cscc1CNCC(F)F. The molecule has 0 atom stereocenters. The standard InChI is InChI=1S/C11H17F2NS/c1-11(2,3)9-7-15-6-8(9)4-14-5-10(12)13/h6-7,10,14H,4-5H2,1-3H3. The third-order valence-electron chi connectivity index (χ3n) is 2.16. The molecule has 4 heteroatoms. The van der Waals surface area contributed by atoms with Gasteiger partial charge < -0.3 is 5.32 Å². The minimum atomic E-state index is -2.28. The summed E-state index contributed by atoms with van der Waals surface area (Å²) in [6, 6.07) is 0. The van der Waals surface area contributed by atoms with Crippen molar-refractivity contribution in [2.45, 2.75) is 39.2 Å². The maximum atomic E-state index is 11.9. The molecule has 0 unspecified atom stereocenters. The molecule has 0 aliphatic carbocycles. The molecule has 0 radical (unpaired) electrons. The van der Waals surface area contributed by atoms with Crippen LogP contribution in [0.2, 0.25) is 0 Å². The van der Waals surface area contributed by atoms with Crippen LogP contribution in [0.15, 0.2) is 10.8 Å². The van der Waals surface area contributed by atoms with Gasteiger partial charge in [-0.15, -0.1) is 0 Å². The summed E-state index contributed by atoms with van der Waals surface area (Å²) in [6.45, 7) is 6.68. The number of alkyl halides is 2. The van der Waals surface area contributed by atoms with Crippen molar-refractivity contribution in [1.82, 2.24) is 5.32 Å². The third kappa shape index (κ3) is 3.87. The molecule has 1 aromatic heterocycles. The van der Waals surface area contributed by atoms with Gasteiger partial charge in [0.1, 0.15) is 0 Å². The van der Waals surface area contributed by atoms with Crippen molar-refractivity contribution in [1.29, 1.82) is 0 Å². The number of rotatable bonds is 4. The average molecular weight is 233 g/mol. The van der Waals surface area contributed by atoms with Crippen molar-refractivity contribution < 1.29 is 8.78 Å². The van der Waals surface area contributed by atoms with Crippen LogP contribution in [0.5, 0.6) is 0 Å². The van der Waals surface area contributed by atoms with Gasteiger partial charge in [-0.1, -0.05) is 20.8 Å². The van der Waals surface area contributed by atoms with Crippen LogP contribution in [0.4, 0.5) is 8.78 Å². The van der Waals surface area contributed by atoms with Crippen molar-refractivity contribution in [3.8, 4) is 0 Å². The summed E-state index contributed by atoms with van der Waals surface area (Å²) in [5.74, 6) is 0. The summed E-state index contributed by atoms with van der Waals surface area (Å²) in [5.41, 5.74) is 2.46. The lowest BCUT2D eigenvalue weighted by atomic mass is 9.86. The minimum Gasteiger partial charge on any atom is -0.307 e. The number of hydrogen-bond donors (Lipinski definition) is 1. The van der Waals surface area contributed by atoms with Gasteiger partial charge in [-0.05, 0) is 27.3 Å². The molecule has 86 valence electrons. The number of nitrogens with one attached hydrogen (secondary N) is 1. The van der Waals surface area contributed by atoms with Crippen molar-refractivity contribution in [2.24, 2.45) is 0 Å². The largest absolute Gasteiger partial charge is 0.307 e. The fourth-order valence-electron chi connectivity index (χ4n) is 1.43. The summed E-state index contributed by atoms with van der Waals surface area (Å²) >= 11 is 1.62. The van der Waals surface area contributed by atoms with Crippen molar-refractivity contribution in [2.75, 3.05) is 6.54 Å². The van der Waals surface area contributed by atoms with Gasteiger partial charge in [0.15, 0.2) is 0 Å². The summed E-state index contributed by atoms with van der Waals surface area (Å²) in [5, 5.41) is 6.88. The molecule has 1 rings (SSSR count). The molecule has 1 N–H and O–H groups in total. The topological polar surface area (TPSA) is 12.0 Å². The number of thiophene rings is 1. The van der Waals surface area contributed by atoms with Gasteiger partial charge in [0.05, 0.1) is 6.54 Å². The van der Waals surface area contributed by atoms with Crippen LogP contribution < -0.4 is 5.32 Å². The van der Waals surface area contributed by atoms with E-state index in [9.17, 15) is 8.78 Å². The highest BCUT2D eigenvalue weighted by Crippen LogP contribution is 2.28. The molecule has 1 aromatic rings. The van der Waals surface area contributed by atoms with E-state index in [2.05, 4.69) is 31.5 Å². The molecule has 0 saturated heterocycles. The Morgan fingerprint density at radius 2 is 2.00 bits per heavy atom. The Morgan fingerprint density at radius 3 is 2.53 bits per heavy atom. The highest BCUT2D eigenvalue weighted by atomic mass is 32.1. The molecule has 0 spiro atoms. The summed E-state index contributed by atoms with van der Waals surface area (Å²) in [4.78, 5) is 0. The Balaban J connectivity index is 2.58. The van der Waals surface area contributed by atoms with E-state index in [-0.39, 0.29) is 12.0 Å². The van der Waals surface area contributed by atoms with Gasteiger partial charge in [-0.2, -0.15) is 11.3 Å². The van der Waals surface area contributed by atoms with Crippen LogP contribution in [0.25, 0.3) is 0 Å². The maximum absolute atomic E-state index is 11.9. The lowest BCUT2D eigenvalue weighted by Gasteiger charge is -2.19. The molecule has 0 saturated carbocycles. The van der Waals surface area contributed by atoms with Crippen LogP contribution in [0, 0.1) is 0 Å². The molecule has 0 fully saturated rings. The van der Waals surface area contributed by atoms with E-state index in [0.717, 1.165) is 5.56 Å². The predicted molar refractivity (Wildman–Crippen MR) is 60.7 cm³/mol. The van der Waals surface area contributed by atoms with Gasteiger partial charge >= 0.3 is 0 Å². The monoisotopic (exact) mass is 233 g/mol. The number of halogens is 2. The van der Waals surface area contributed by atoms with Crippen LogP contribution in [-0.4, -0.2) is 13.0 Å². The molecule has 1 heterocycles. The van der Waals surface area contributed by atoms with Crippen LogP contribution >= 0.6 is 11.3 Å². The lowest BCUT2D eigenvalue weighted by Crippen LogP contribution is -2.22. The number of hydrogen-bond acceptors (Lipinski definition) is 2. The minimum absolute atomic E-state index is 0.0852. The van der Waals surface area contributed by atoms with E-state index in [1.54, 1.807) is 11.3 Å². The van der Waals surface area contributed by atoms with Crippen molar-refractivity contribution >= 4 is 11.3 Å². The summed E-state index contributed by atoms with van der Waals surface area (Å²) in [6.07, 6.45) is -2.28. The van der Waals surface area contributed by atoms with E-state index < -0.39 is 6.43 Å². The molecule has 0 aromatic carbocycles. The van der Waals surface area contributed by atoms with Gasteiger partial charge in [-0.25, -0.2) is 8.78 Å². The van der Waals surface area contributed by atoms with Crippen LogP contribution in [-0.2, 0) is 12.0 Å². The van der Waals surface area contributed by atoms with E-state index >= 15 is 0 Å².